The molecule has 0 unspecified atom stereocenters. The predicted octanol–water partition coefficient (Wildman–Crippen LogP) is 3.10. The van der Waals surface area contributed by atoms with Crippen molar-refractivity contribution in [1.29, 1.82) is 0 Å². The highest BCUT2D eigenvalue weighted by atomic mass is 19.4. The summed E-state index contributed by atoms with van der Waals surface area (Å²) in [5, 5.41) is 1.86. The van der Waals surface area contributed by atoms with E-state index in [4.69, 9.17) is 0 Å². The average molecular weight is 374 g/mol. The molecule has 26 heavy (non-hydrogen) atoms. The fourth-order valence-corrected chi connectivity index (χ4v) is 3.68. The third-order valence-electron chi connectivity index (χ3n) is 4.93. The monoisotopic (exact) mass is 374 g/mol. The van der Waals surface area contributed by atoms with Crippen LogP contribution in [0.25, 0.3) is 0 Å². The number of carbonyl (C=O) groups excluding carboxylic acids is 3. The molecule has 0 aromatic carbocycles. The summed E-state index contributed by atoms with van der Waals surface area (Å²) in [4.78, 5) is 38.6. The van der Waals surface area contributed by atoms with Gasteiger partial charge in [0.2, 0.25) is 11.4 Å². The first-order chi connectivity index (χ1) is 11.9. The molecule has 0 radical (unpaired) electrons. The van der Waals surface area contributed by atoms with E-state index < -0.39 is 40.3 Å². The van der Waals surface area contributed by atoms with Gasteiger partial charge < -0.3 is 10.2 Å². The highest BCUT2D eigenvalue weighted by Crippen LogP contribution is 2.51. The Balaban J connectivity index is 2.70. The topological polar surface area (TPSA) is 66.5 Å². The minimum atomic E-state index is -5.10. The molecule has 0 spiro atoms. The van der Waals surface area contributed by atoms with Gasteiger partial charge in [-0.2, -0.15) is 13.2 Å². The van der Waals surface area contributed by atoms with Crippen LogP contribution in [-0.4, -0.2) is 40.8 Å². The van der Waals surface area contributed by atoms with Crippen LogP contribution in [0, 0.1) is 5.41 Å². The second-order valence-electron chi connectivity index (χ2n) is 7.72. The number of rotatable bonds is 5. The smallest absolute Gasteiger partial charge is 0.330 e. The number of unbranched alkanes of at least 4 members (excludes halogenated alkanes) is 1. The number of alkyl halides is 3. The number of amides is 2. The van der Waals surface area contributed by atoms with Crippen molar-refractivity contribution < 1.29 is 27.6 Å². The van der Waals surface area contributed by atoms with Gasteiger partial charge in [0.05, 0.1) is 5.57 Å². The molecule has 0 aromatic heterocycles. The first-order valence-electron chi connectivity index (χ1n) is 8.87. The van der Waals surface area contributed by atoms with E-state index in [0.717, 1.165) is 4.90 Å². The van der Waals surface area contributed by atoms with Crippen LogP contribution in [0.1, 0.15) is 59.8 Å². The number of hydrogen-bond donors (Lipinski definition) is 1. The Morgan fingerprint density at radius 3 is 2.31 bits per heavy atom. The number of allylic oxidation sites excluding steroid dienone is 1. The van der Waals surface area contributed by atoms with Crippen molar-refractivity contribution in [2.45, 2.75) is 71.5 Å². The maximum absolute atomic E-state index is 14.1. The molecule has 0 aromatic rings. The number of ketones is 1. The third kappa shape index (κ3) is 3.14. The molecule has 2 aliphatic rings. The quantitative estimate of drug-likeness (QED) is 0.804. The van der Waals surface area contributed by atoms with E-state index in [1.54, 1.807) is 13.8 Å². The van der Waals surface area contributed by atoms with E-state index in [0.29, 0.717) is 12.8 Å². The van der Waals surface area contributed by atoms with Crippen LogP contribution in [0.3, 0.4) is 0 Å². The van der Waals surface area contributed by atoms with Crippen LogP contribution in [0.4, 0.5) is 13.2 Å². The van der Waals surface area contributed by atoms with E-state index >= 15 is 0 Å². The Labute approximate surface area is 151 Å². The fraction of sp³-hybridized carbons (Fsp3) is 0.722. The van der Waals surface area contributed by atoms with Gasteiger partial charge in [0.1, 0.15) is 0 Å². The molecule has 2 amide bonds. The molecular weight excluding hydrogens is 349 g/mol. The highest BCUT2D eigenvalue weighted by Gasteiger charge is 2.71. The lowest BCUT2D eigenvalue weighted by atomic mass is 9.72. The number of carbonyl (C=O) groups is 3. The molecule has 0 saturated heterocycles. The van der Waals surface area contributed by atoms with Gasteiger partial charge in [-0.1, -0.05) is 34.1 Å². The molecule has 1 heterocycles. The Morgan fingerprint density at radius 2 is 1.81 bits per heavy atom. The number of nitrogens with zero attached hydrogens (tertiary/aromatic N) is 1. The number of halogens is 3. The molecule has 1 aliphatic carbocycles. The Morgan fingerprint density at radius 1 is 1.19 bits per heavy atom. The number of Topliss-reactive ketones (excluding diaryl/α,β-unsaturated/α-hetero) is 1. The molecular formula is C18H25F3N2O3. The number of hydrogen-bond acceptors (Lipinski definition) is 3. The van der Waals surface area contributed by atoms with Gasteiger partial charge >= 0.3 is 6.18 Å². The third-order valence-corrected chi connectivity index (χ3v) is 4.93. The Hall–Kier alpha value is -1.86. The molecule has 2 rings (SSSR count). The normalized spacial score (nSPS) is 25.6. The summed E-state index contributed by atoms with van der Waals surface area (Å²) in [7, 11) is 0. The molecule has 1 N–H and O–H groups in total. The van der Waals surface area contributed by atoms with E-state index in [1.165, 1.54) is 6.92 Å². The van der Waals surface area contributed by atoms with Crippen LogP contribution >= 0.6 is 0 Å². The molecule has 8 heteroatoms. The van der Waals surface area contributed by atoms with Crippen molar-refractivity contribution in [2.24, 2.45) is 5.41 Å². The molecule has 0 fully saturated rings. The van der Waals surface area contributed by atoms with Gasteiger partial charge in [0.15, 0.2) is 5.78 Å². The van der Waals surface area contributed by atoms with Crippen LogP contribution < -0.4 is 5.32 Å². The SMILES string of the molecule is CCCCN1C(=O)[C@](NC(=O)CC)(C(F)(F)F)C2=C1CC(C)(C)CC2=O. The van der Waals surface area contributed by atoms with Crippen LogP contribution in [0.5, 0.6) is 0 Å². The minimum absolute atomic E-state index is 0.0946. The summed E-state index contributed by atoms with van der Waals surface area (Å²) in [6, 6.07) is 0. The van der Waals surface area contributed by atoms with E-state index in [-0.39, 0.29) is 31.5 Å². The largest absolute Gasteiger partial charge is 0.425 e. The maximum atomic E-state index is 14.1. The van der Waals surface area contributed by atoms with Crippen LogP contribution in [0.15, 0.2) is 11.3 Å². The summed E-state index contributed by atoms with van der Waals surface area (Å²) in [6.07, 6.45) is -4.04. The highest BCUT2D eigenvalue weighted by molar-refractivity contribution is 6.13. The second-order valence-corrected chi connectivity index (χ2v) is 7.72. The molecule has 146 valence electrons. The Bertz CT molecular complexity index is 667. The molecule has 1 aliphatic heterocycles. The van der Waals surface area contributed by atoms with Crippen molar-refractivity contribution in [3.63, 3.8) is 0 Å². The number of nitrogens with one attached hydrogen (secondary N) is 1. The Kier molecular flexibility index (Phi) is 5.27. The summed E-state index contributed by atoms with van der Waals surface area (Å²) in [5.74, 6) is -2.91. The average Bonchev–Trinajstić information content (AvgIpc) is 2.73. The summed E-state index contributed by atoms with van der Waals surface area (Å²) < 4.78 is 42.4. The van der Waals surface area contributed by atoms with Gasteiger partial charge in [0, 0.05) is 25.1 Å². The molecule has 1 atom stereocenters. The first kappa shape index (κ1) is 20.5. The van der Waals surface area contributed by atoms with Crippen molar-refractivity contribution in [1.82, 2.24) is 10.2 Å². The summed E-state index contributed by atoms with van der Waals surface area (Å²) in [5.41, 5.74) is -4.29. The summed E-state index contributed by atoms with van der Waals surface area (Å²) >= 11 is 0. The first-order valence-corrected chi connectivity index (χ1v) is 8.87. The van der Waals surface area contributed by atoms with Gasteiger partial charge in [-0.3, -0.25) is 14.4 Å². The lowest BCUT2D eigenvalue weighted by Gasteiger charge is -2.35. The van der Waals surface area contributed by atoms with Crippen LogP contribution in [-0.2, 0) is 14.4 Å². The van der Waals surface area contributed by atoms with Gasteiger partial charge in [0.25, 0.3) is 5.91 Å². The lowest BCUT2D eigenvalue weighted by Crippen LogP contribution is -2.66. The fourth-order valence-electron chi connectivity index (χ4n) is 3.68. The summed E-state index contributed by atoms with van der Waals surface area (Å²) in [6.45, 7) is 6.93. The standard InChI is InChI=1S/C18H25F3N2O3/c1-5-7-8-23-11-9-16(3,4)10-12(24)14(11)17(15(23)26,18(19,20)21)22-13(25)6-2/h5-10H2,1-4H3,(H,22,25)/t17-/m0/s1. The second kappa shape index (κ2) is 6.70. The minimum Gasteiger partial charge on any atom is -0.330 e. The van der Waals surface area contributed by atoms with Gasteiger partial charge in [-0.05, 0) is 18.3 Å². The van der Waals surface area contributed by atoms with Gasteiger partial charge in [-0.25, -0.2) is 0 Å². The van der Waals surface area contributed by atoms with Crippen molar-refractivity contribution >= 4 is 17.6 Å². The zero-order chi connectivity index (χ0) is 19.9. The van der Waals surface area contributed by atoms with E-state index in [2.05, 4.69) is 0 Å². The maximum Gasteiger partial charge on any atom is 0.425 e. The van der Waals surface area contributed by atoms with Crippen LogP contribution in [0.2, 0.25) is 0 Å². The molecule has 0 saturated carbocycles. The van der Waals surface area contributed by atoms with E-state index in [1.807, 2.05) is 12.2 Å². The molecule has 0 bridgehead atoms. The predicted molar refractivity (Wildman–Crippen MR) is 88.9 cm³/mol. The zero-order valence-corrected chi connectivity index (χ0v) is 15.5. The van der Waals surface area contributed by atoms with Crippen molar-refractivity contribution in [3.05, 3.63) is 11.3 Å². The van der Waals surface area contributed by atoms with Gasteiger partial charge in [-0.15, -0.1) is 0 Å². The molecule has 5 nitrogen and oxygen atoms in total. The van der Waals surface area contributed by atoms with Crippen molar-refractivity contribution in [3.8, 4) is 0 Å². The lowest BCUT2D eigenvalue weighted by molar-refractivity contribution is -0.194. The van der Waals surface area contributed by atoms with Crippen molar-refractivity contribution in [2.75, 3.05) is 6.54 Å². The van der Waals surface area contributed by atoms with E-state index in [9.17, 15) is 27.6 Å². The zero-order valence-electron chi connectivity index (χ0n) is 15.5.